The summed E-state index contributed by atoms with van der Waals surface area (Å²) in [5.74, 6) is -0.407. The highest BCUT2D eigenvalue weighted by Crippen LogP contribution is 2.14. The van der Waals surface area contributed by atoms with E-state index in [1.54, 1.807) is 12.1 Å². The van der Waals surface area contributed by atoms with E-state index >= 15 is 0 Å². The molecule has 0 bridgehead atoms. The largest absolute Gasteiger partial charge is 0.381 e. The number of nitrogens with two attached hydrogens (primary N) is 1. The van der Waals surface area contributed by atoms with Gasteiger partial charge in [-0.1, -0.05) is 12.1 Å². The van der Waals surface area contributed by atoms with Crippen molar-refractivity contribution in [3.63, 3.8) is 0 Å². The summed E-state index contributed by atoms with van der Waals surface area (Å²) in [6.45, 7) is 0.740. The molecule has 0 spiro atoms. The van der Waals surface area contributed by atoms with Crippen molar-refractivity contribution in [2.45, 2.75) is 6.54 Å². The molecule has 104 valence electrons. The number of primary amides is 1. The Hall–Kier alpha value is -2.49. The van der Waals surface area contributed by atoms with Gasteiger partial charge in [0.1, 0.15) is 0 Å². The second kappa shape index (κ2) is 6.10. The van der Waals surface area contributed by atoms with Crippen molar-refractivity contribution in [1.82, 2.24) is 0 Å². The fourth-order valence-corrected chi connectivity index (χ4v) is 1.87. The van der Waals surface area contributed by atoms with E-state index in [1.165, 1.54) is 11.3 Å². The average molecular weight is 269 g/mol. The molecule has 0 aliphatic carbocycles. The maximum Gasteiger partial charge on any atom is 0.248 e. The Labute approximate surface area is 119 Å². The van der Waals surface area contributed by atoms with Crippen LogP contribution in [0.1, 0.15) is 15.9 Å². The second-order valence-electron chi connectivity index (χ2n) is 4.86. The van der Waals surface area contributed by atoms with Crippen LogP contribution < -0.4 is 16.0 Å². The first-order chi connectivity index (χ1) is 9.56. The molecule has 0 fully saturated rings. The second-order valence-corrected chi connectivity index (χ2v) is 4.86. The van der Waals surface area contributed by atoms with E-state index in [0.29, 0.717) is 5.56 Å². The van der Waals surface area contributed by atoms with Gasteiger partial charge in [0.25, 0.3) is 0 Å². The lowest BCUT2D eigenvalue weighted by Gasteiger charge is -2.13. The van der Waals surface area contributed by atoms with Gasteiger partial charge in [0, 0.05) is 37.6 Å². The van der Waals surface area contributed by atoms with Crippen LogP contribution in [0.25, 0.3) is 0 Å². The van der Waals surface area contributed by atoms with Crippen LogP contribution in [0.3, 0.4) is 0 Å². The molecule has 4 nitrogen and oxygen atoms in total. The fraction of sp³-hybridized carbons (Fsp3) is 0.188. The van der Waals surface area contributed by atoms with Gasteiger partial charge in [0.15, 0.2) is 0 Å². The van der Waals surface area contributed by atoms with Crippen molar-refractivity contribution in [3.8, 4) is 0 Å². The topological polar surface area (TPSA) is 58.4 Å². The number of hydrogen-bond donors (Lipinski definition) is 2. The number of carbonyl (C=O) groups excluding carboxylic acids is 1. The molecule has 0 unspecified atom stereocenters. The van der Waals surface area contributed by atoms with Gasteiger partial charge < -0.3 is 16.0 Å². The van der Waals surface area contributed by atoms with Crippen LogP contribution in [0.2, 0.25) is 0 Å². The van der Waals surface area contributed by atoms with Crippen LogP contribution in [0, 0.1) is 0 Å². The van der Waals surface area contributed by atoms with Crippen LogP contribution >= 0.6 is 0 Å². The third-order valence-electron chi connectivity index (χ3n) is 3.12. The summed E-state index contributed by atoms with van der Waals surface area (Å²) in [4.78, 5) is 13.0. The number of carbonyl (C=O) groups is 1. The molecule has 0 radical (unpaired) electrons. The number of nitrogens with one attached hydrogen (secondary N) is 1. The van der Waals surface area contributed by atoms with Gasteiger partial charge in [-0.05, 0) is 42.0 Å². The Bertz CT molecular complexity index is 574. The predicted molar refractivity (Wildman–Crippen MR) is 83.1 cm³/mol. The molecule has 0 aliphatic rings. The highest BCUT2D eigenvalue weighted by molar-refractivity contribution is 5.93. The van der Waals surface area contributed by atoms with Crippen LogP contribution in [0.5, 0.6) is 0 Å². The lowest BCUT2D eigenvalue weighted by molar-refractivity contribution is 0.100. The van der Waals surface area contributed by atoms with Gasteiger partial charge in [0.2, 0.25) is 5.91 Å². The highest BCUT2D eigenvalue weighted by atomic mass is 16.1. The quantitative estimate of drug-likeness (QED) is 0.876. The smallest absolute Gasteiger partial charge is 0.248 e. The van der Waals surface area contributed by atoms with Crippen LogP contribution in [-0.4, -0.2) is 20.0 Å². The van der Waals surface area contributed by atoms with Gasteiger partial charge in [-0.3, -0.25) is 4.79 Å². The normalized spacial score (nSPS) is 10.1. The lowest BCUT2D eigenvalue weighted by Crippen LogP contribution is -2.10. The van der Waals surface area contributed by atoms with Crippen LogP contribution in [0.15, 0.2) is 48.5 Å². The number of benzene rings is 2. The summed E-state index contributed by atoms with van der Waals surface area (Å²) < 4.78 is 0. The van der Waals surface area contributed by atoms with Gasteiger partial charge >= 0.3 is 0 Å². The Morgan fingerprint density at radius 3 is 2.15 bits per heavy atom. The average Bonchev–Trinajstić information content (AvgIpc) is 2.46. The summed E-state index contributed by atoms with van der Waals surface area (Å²) in [7, 11) is 4.04. The molecule has 0 saturated heterocycles. The third-order valence-corrected chi connectivity index (χ3v) is 3.12. The van der Waals surface area contributed by atoms with Gasteiger partial charge in [0.05, 0.1) is 0 Å². The molecular weight excluding hydrogens is 250 g/mol. The molecule has 1 amide bonds. The molecule has 20 heavy (non-hydrogen) atoms. The first-order valence-electron chi connectivity index (χ1n) is 6.46. The summed E-state index contributed by atoms with van der Waals surface area (Å²) in [5.41, 5.74) is 9.07. The Morgan fingerprint density at radius 2 is 1.65 bits per heavy atom. The summed E-state index contributed by atoms with van der Waals surface area (Å²) in [5, 5.41) is 3.31. The zero-order valence-corrected chi connectivity index (χ0v) is 11.8. The molecule has 4 heteroatoms. The number of nitrogens with zero attached hydrogens (tertiary/aromatic N) is 1. The molecule has 0 aromatic heterocycles. The van der Waals surface area contributed by atoms with Crippen molar-refractivity contribution in [2.24, 2.45) is 5.73 Å². The van der Waals surface area contributed by atoms with Gasteiger partial charge in [-0.25, -0.2) is 0 Å². The zero-order valence-electron chi connectivity index (χ0n) is 11.8. The van der Waals surface area contributed by atoms with Crippen molar-refractivity contribution < 1.29 is 4.79 Å². The third kappa shape index (κ3) is 3.51. The molecule has 3 N–H and O–H groups in total. The number of amides is 1. The molecule has 0 heterocycles. The summed E-state index contributed by atoms with van der Waals surface area (Å²) in [6, 6.07) is 15.5. The monoisotopic (exact) mass is 269 g/mol. The lowest BCUT2D eigenvalue weighted by atomic mass is 10.1. The van der Waals surface area contributed by atoms with Gasteiger partial charge in [-0.2, -0.15) is 0 Å². The maximum absolute atomic E-state index is 11.0. The first-order valence-corrected chi connectivity index (χ1v) is 6.46. The fourth-order valence-electron chi connectivity index (χ4n) is 1.87. The van der Waals surface area contributed by atoms with E-state index in [4.69, 9.17) is 5.73 Å². The summed E-state index contributed by atoms with van der Waals surface area (Å²) >= 11 is 0. The van der Waals surface area contributed by atoms with E-state index < -0.39 is 5.91 Å². The minimum Gasteiger partial charge on any atom is -0.381 e. The van der Waals surface area contributed by atoms with Crippen LogP contribution in [0.4, 0.5) is 11.4 Å². The molecule has 0 atom stereocenters. The van der Waals surface area contributed by atoms with Crippen molar-refractivity contribution >= 4 is 17.3 Å². The SMILES string of the molecule is CN(C)c1ccc(CNc2ccc(C(N)=O)cc2)cc1. The zero-order chi connectivity index (χ0) is 14.5. The highest BCUT2D eigenvalue weighted by Gasteiger charge is 2.00. The molecule has 2 aromatic carbocycles. The number of anilines is 2. The van der Waals surface area contributed by atoms with Crippen molar-refractivity contribution in [2.75, 3.05) is 24.3 Å². The van der Waals surface area contributed by atoms with Crippen molar-refractivity contribution in [1.29, 1.82) is 0 Å². The first kappa shape index (κ1) is 13.9. The Balaban J connectivity index is 1.96. The van der Waals surface area contributed by atoms with Crippen LogP contribution in [-0.2, 0) is 6.54 Å². The van der Waals surface area contributed by atoms with E-state index in [9.17, 15) is 4.79 Å². The van der Waals surface area contributed by atoms with E-state index in [-0.39, 0.29) is 0 Å². The van der Waals surface area contributed by atoms with E-state index in [1.807, 2.05) is 26.2 Å². The Kier molecular flexibility index (Phi) is 4.25. The molecule has 2 rings (SSSR count). The molecule has 0 saturated carbocycles. The predicted octanol–water partition coefficient (Wildman–Crippen LogP) is 2.46. The van der Waals surface area contributed by atoms with E-state index in [0.717, 1.165) is 12.2 Å². The molecule has 2 aromatic rings. The minimum atomic E-state index is -0.407. The number of rotatable bonds is 5. The Morgan fingerprint density at radius 1 is 1.05 bits per heavy atom. The summed E-state index contributed by atoms with van der Waals surface area (Å²) in [6.07, 6.45) is 0. The minimum absolute atomic E-state index is 0.407. The van der Waals surface area contributed by atoms with E-state index in [2.05, 4.69) is 34.5 Å². The van der Waals surface area contributed by atoms with Crippen molar-refractivity contribution in [3.05, 3.63) is 59.7 Å². The van der Waals surface area contributed by atoms with Gasteiger partial charge in [-0.15, -0.1) is 0 Å². The molecular formula is C16H19N3O. The standard InChI is InChI=1S/C16H19N3O/c1-19(2)15-9-3-12(4-10-15)11-18-14-7-5-13(6-8-14)16(17)20/h3-10,18H,11H2,1-2H3,(H2,17,20). The maximum atomic E-state index is 11.0. The number of hydrogen-bond acceptors (Lipinski definition) is 3. The molecule has 0 aliphatic heterocycles.